The second-order valence-electron chi connectivity index (χ2n) is 6.58. The van der Waals surface area contributed by atoms with E-state index in [0.29, 0.717) is 0 Å². The number of allylic oxidation sites excluding steroid dienone is 2. The van der Waals surface area contributed by atoms with Crippen molar-refractivity contribution in [2.75, 3.05) is 0 Å². The predicted molar refractivity (Wildman–Crippen MR) is 116 cm³/mol. The summed E-state index contributed by atoms with van der Waals surface area (Å²) in [4.78, 5) is 10.0. The first-order valence-electron chi connectivity index (χ1n) is 9.25. The second kappa shape index (κ2) is 10.6. The minimum Gasteiger partial charge on any atom is -0.512 e. The number of aliphatic hydroxyl groups excluding tert-OH is 1. The number of rotatable bonds is 3. The zero-order valence-electron chi connectivity index (χ0n) is 16.9. The van der Waals surface area contributed by atoms with Gasteiger partial charge in [-0.15, -0.1) is 30.3 Å². The van der Waals surface area contributed by atoms with E-state index >= 15 is 0 Å². The summed E-state index contributed by atoms with van der Waals surface area (Å²) < 4.78 is 4.21. The number of ketones is 1. The molecule has 1 radical (unpaired) electrons. The van der Waals surface area contributed by atoms with Crippen molar-refractivity contribution < 1.29 is 34.6 Å². The molecule has 4 aromatic rings. The van der Waals surface area contributed by atoms with Crippen LogP contribution in [0.1, 0.15) is 13.8 Å². The molecule has 4 nitrogen and oxygen atoms in total. The van der Waals surface area contributed by atoms with Gasteiger partial charge in [0.25, 0.3) is 0 Å². The molecule has 1 heterocycles. The SMILES string of the molecule is CC(=O)C=C(C)O.[CH2-][n+]1c(-c2[c-]cccc2)n(-c2ccccc2)c2ccccc21.[Ir]. The number of nitrogens with zero attached hydrogens (tertiary/aromatic N) is 2. The first-order chi connectivity index (χ1) is 14.0. The Bertz CT molecular complexity index is 1150. The van der Waals surface area contributed by atoms with Crippen molar-refractivity contribution in [3.63, 3.8) is 0 Å². The molecular weight excluding hydrogens is 553 g/mol. The number of aliphatic hydroxyl groups is 1. The van der Waals surface area contributed by atoms with Crippen molar-refractivity contribution in [3.8, 4) is 17.1 Å². The zero-order chi connectivity index (χ0) is 20.8. The second-order valence-corrected chi connectivity index (χ2v) is 6.58. The first kappa shape index (κ1) is 23.1. The molecule has 0 saturated carbocycles. The average molecular weight is 576 g/mol. The molecule has 5 heteroatoms. The summed E-state index contributed by atoms with van der Waals surface area (Å²) in [5.74, 6) is 0.959. The van der Waals surface area contributed by atoms with Crippen LogP contribution in [0.5, 0.6) is 0 Å². The fourth-order valence-corrected chi connectivity index (χ4v) is 3.16. The summed E-state index contributed by atoms with van der Waals surface area (Å²) in [7, 11) is 4.25. The van der Waals surface area contributed by atoms with Crippen molar-refractivity contribution >= 4 is 16.8 Å². The monoisotopic (exact) mass is 576 g/mol. The average Bonchev–Trinajstić information content (AvgIpc) is 3.02. The summed E-state index contributed by atoms with van der Waals surface area (Å²) >= 11 is 0. The Morgan fingerprint density at radius 1 is 1.00 bits per heavy atom. The van der Waals surface area contributed by atoms with Gasteiger partial charge in [0.05, 0.1) is 11.3 Å². The van der Waals surface area contributed by atoms with Crippen LogP contribution in [0, 0.1) is 13.1 Å². The molecule has 0 unspecified atom stereocenters. The number of aromatic nitrogens is 2. The molecule has 1 N–H and O–H groups in total. The van der Waals surface area contributed by atoms with Crippen molar-refractivity contribution in [3.05, 3.63) is 104 Å². The van der Waals surface area contributed by atoms with Gasteiger partial charge in [0.2, 0.25) is 0 Å². The van der Waals surface area contributed by atoms with E-state index in [9.17, 15) is 4.79 Å². The summed E-state index contributed by atoms with van der Waals surface area (Å²) in [6, 6.07) is 30.0. The van der Waals surface area contributed by atoms with Crippen LogP contribution in [-0.4, -0.2) is 15.5 Å². The van der Waals surface area contributed by atoms with Crippen LogP contribution < -0.4 is 4.57 Å². The predicted octanol–water partition coefficient (Wildman–Crippen LogP) is 5.06. The Balaban J connectivity index is 0.000000350. The zero-order valence-corrected chi connectivity index (χ0v) is 19.3. The number of carbonyl (C=O) groups excluding carboxylic acids is 1. The molecule has 0 saturated heterocycles. The van der Waals surface area contributed by atoms with Crippen molar-refractivity contribution in [2.24, 2.45) is 0 Å². The third kappa shape index (κ3) is 5.26. The van der Waals surface area contributed by atoms with E-state index in [2.05, 4.69) is 66.2 Å². The van der Waals surface area contributed by atoms with E-state index in [0.717, 1.165) is 28.1 Å². The number of hydrogen-bond donors (Lipinski definition) is 1. The molecular formula is C25H23IrN2O2-. The third-order valence-corrected chi connectivity index (χ3v) is 4.26. The molecule has 1 aromatic heterocycles. The molecule has 0 aliphatic heterocycles. The molecule has 30 heavy (non-hydrogen) atoms. The maximum Gasteiger partial charge on any atom is 0.194 e. The molecule has 3 aromatic carbocycles. The van der Waals surface area contributed by atoms with E-state index in [4.69, 9.17) is 5.11 Å². The fourth-order valence-electron chi connectivity index (χ4n) is 3.16. The molecule has 0 amide bonds. The van der Waals surface area contributed by atoms with Crippen LogP contribution in [0.3, 0.4) is 0 Å². The van der Waals surface area contributed by atoms with Gasteiger partial charge in [-0.2, -0.15) is 0 Å². The molecule has 155 valence electrons. The van der Waals surface area contributed by atoms with Crippen LogP contribution in [0.25, 0.3) is 28.1 Å². The van der Waals surface area contributed by atoms with Crippen LogP contribution in [0.15, 0.2) is 90.7 Å². The molecule has 0 bridgehead atoms. The minimum absolute atomic E-state index is 0. The number of imidazole rings is 1. The Morgan fingerprint density at radius 3 is 2.20 bits per heavy atom. The third-order valence-electron chi connectivity index (χ3n) is 4.26. The van der Waals surface area contributed by atoms with E-state index < -0.39 is 0 Å². The number of fused-ring (bicyclic) bond motifs is 1. The largest absolute Gasteiger partial charge is 0.512 e. The van der Waals surface area contributed by atoms with Gasteiger partial charge in [-0.25, -0.2) is 4.57 Å². The van der Waals surface area contributed by atoms with Crippen LogP contribution in [0.4, 0.5) is 0 Å². The Hall–Kier alpha value is -3.14. The maximum absolute atomic E-state index is 10.0. The minimum atomic E-state index is -0.125. The van der Waals surface area contributed by atoms with Gasteiger partial charge >= 0.3 is 0 Å². The maximum atomic E-state index is 10.0. The quantitative estimate of drug-likeness (QED) is 0.161. The van der Waals surface area contributed by atoms with Crippen molar-refractivity contribution in [1.29, 1.82) is 0 Å². The van der Waals surface area contributed by atoms with Gasteiger partial charge in [0.1, 0.15) is 11.2 Å². The summed E-state index contributed by atoms with van der Waals surface area (Å²) in [6.07, 6.45) is 1.17. The molecule has 0 atom stereocenters. The van der Waals surface area contributed by atoms with Crippen molar-refractivity contribution in [2.45, 2.75) is 13.8 Å². The standard InChI is InChI=1S/C20H15N2.C5H8O2.Ir/c1-21-18-14-8-9-15-19(18)22(17-12-6-3-7-13-17)20(21)16-10-4-2-5-11-16;1-4(6)3-5(2)7;/h2-10,12-15H,1H2;3,6H,1-2H3;/q-1;;. The van der Waals surface area contributed by atoms with Crippen LogP contribution >= 0.6 is 0 Å². The first-order valence-corrected chi connectivity index (χ1v) is 9.25. The Labute approximate surface area is 190 Å². The fraction of sp³-hybridized carbons (Fsp3) is 0.0800. The van der Waals surface area contributed by atoms with Crippen molar-refractivity contribution in [1.82, 2.24) is 4.57 Å². The number of benzene rings is 3. The Kier molecular flexibility index (Phi) is 8.16. The summed E-state index contributed by atoms with van der Waals surface area (Å²) in [6.45, 7) is 2.85. The van der Waals surface area contributed by atoms with E-state index in [-0.39, 0.29) is 31.6 Å². The molecule has 4 rings (SSSR count). The number of para-hydroxylation sites is 3. The Morgan fingerprint density at radius 2 is 1.63 bits per heavy atom. The topological polar surface area (TPSA) is 46.1 Å². The van der Waals surface area contributed by atoms with Gasteiger partial charge < -0.3 is 9.67 Å². The number of hydrogen-bond acceptors (Lipinski definition) is 2. The summed E-state index contributed by atoms with van der Waals surface area (Å²) in [5, 5.41) is 8.36. The van der Waals surface area contributed by atoms with E-state index in [1.165, 1.54) is 19.9 Å². The molecule has 0 aliphatic carbocycles. The van der Waals surface area contributed by atoms with E-state index in [1.54, 1.807) is 0 Å². The number of carbonyl (C=O) groups is 1. The van der Waals surface area contributed by atoms with Gasteiger partial charge in [0.15, 0.2) is 11.6 Å². The van der Waals surface area contributed by atoms with Crippen LogP contribution in [-0.2, 0) is 24.9 Å². The molecule has 0 fully saturated rings. The van der Waals surface area contributed by atoms with Gasteiger partial charge in [0, 0.05) is 26.2 Å². The van der Waals surface area contributed by atoms with Gasteiger partial charge in [-0.05, 0) is 39.1 Å². The van der Waals surface area contributed by atoms with Gasteiger partial charge in [-0.3, -0.25) is 4.79 Å². The molecule has 0 spiro atoms. The van der Waals surface area contributed by atoms with Gasteiger partial charge in [-0.1, -0.05) is 42.0 Å². The van der Waals surface area contributed by atoms with E-state index in [1.807, 2.05) is 34.9 Å². The smallest absolute Gasteiger partial charge is 0.194 e. The van der Waals surface area contributed by atoms with Crippen LogP contribution in [0.2, 0.25) is 0 Å². The molecule has 0 aliphatic rings. The normalized spacial score (nSPS) is 10.7. The summed E-state index contributed by atoms with van der Waals surface area (Å²) in [5.41, 5.74) is 4.38.